The van der Waals surface area contributed by atoms with E-state index in [0.29, 0.717) is 0 Å². The maximum absolute atomic E-state index is 11.7. The first-order valence-electron chi connectivity index (χ1n) is 6.50. The first-order chi connectivity index (χ1) is 10.8. The van der Waals surface area contributed by atoms with Crippen LogP contribution in [0.1, 0.15) is 12.6 Å². The van der Waals surface area contributed by atoms with Crippen LogP contribution in [-0.4, -0.2) is 61.7 Å². The van der Waals surface area contributed by atoms with Gasteiger partial charge in [0.1, 0.15) is 31.3 Å². The fraction of sp³-hybridized carbons (Fsp3) is 0.500. The molecule has 1 aliphatic heterocycles. The van der Waals surface area contributed by atoms with Crippen LogP contribution in [0.4, 0.5) is 0 Å². The van der Waals surface area contributed by atoms with Crippen LogP contribution in [0.15, 0.2) is 21.9 Å². The summed E-state index contributed by atoms with van der Waals surface area (Å²) >= 11 is 0. The molecule has 0 aromatic carbocycles. The van der Waals surface area contributed by atoms with Crippen molar-refractivity contribution in [3.63, 3.8) is 0 Å². The minimum absolute atomic E-state index is 0.501. The number of aromatic nitrogens is 2. The predicted octanol–water partition coefficient (Wildman–Crippen LogP) is -2.83. The van der Waals surface area contributed by atoms with E-state index in [-0.39, 0.29) is 0 Å². The van der Waals surface area contributed by atoms with Crippen molar-refractivity contribution in [2.45, 2.75) is 31.0 Å². The van der Waals surface area contributed by atoms with Crippen molar-refractivity contribution < 1.29 is 34.4 Å². The monoisotopic (exact) mass is 330 g/mol. The van der Waals surface area contributed by atoms with E-state index in [2.05, 4.69) is 4.74 Å². The summed E-state index contributed by atoms with van der Waals surface area (Å²) in [5.41, 5.74) is -1.49. The summed E-state index contributed by atoms with van der Waals surface area (Å²) in [7, 11) is 0. The van der Waals surface area contributed by atoms with E-state index >= 15 is 0 Å². The van der Waals surface area contributed by atoms with E-state index < -0.39 is 60.8 Å². The topological polar surface area (TPSA) is 168 Å². The lowest BCUT2D eigenvalue weighted by Crippen LogP contribution is -2.37. The number of ether oxygens (including phenoxy) is 2. The van der Waals surface area contributed by atoms with Crippen LogP contribution in [0, 0.1) is 0 Å². The molecule has 1 aliphatic rings. The number of aliphatic hydroxyl groups excluding tert-OH is 2. The second kappa shape index (κ2) is 6.73. The molecule has 1 aromatic heterocycles. The Morgan fingerprint density at radius 2 is 2.00 bits per heavy atom. The lowest BCUT2D eigenvalue weighted by molar-refractivity contribution is -0.155. The summed E-state index contributed by atoms with van der Waals surface area (Å²) in [6.45, 7) is -0.501. The van der Waals surface area contributed by atoms with Gasteiger partial charge in [-0.3, -0.25) is 23.9 Å². The van der Waals surface area contributed by atoms with Crippen LogP contribution in [0.3, 0.4) is 0 Å². The highest BCUT2D eigenvalue weighted by Crippen LogP contribution is 2.28. The number of aromatic amines is 1. The summed E-state index contributed by atoms with van der Waals surface area (Å²) in [5.74, 6) is -2.41. The van der Waals surface area contributed by atoms with Gasteiger partial charge in [-0.25, -0.2) is 4.79 Å². The zero-order chi connectivity index (χ0) is 17.1. The highest BCUT2D eigenvalue weighted by atomic mass is 16.6. The molecule has 1 aromatic rings. The molecule has 0 radical (unpaired) electrons. The Morgan fingerprint density at radius 1 is 1.30 bits per heavy atom. The molecule has 2 heterocycles. The number of nitrogens with one attached hydrogen (secondary N) is 1. The Kier molecular flexibility index (Phi) is 4.93. The summed E-state index contributed by atoms with van der Waals surface area (Å²) < 4.78 is 10.8. The van der Waals surface area contributed by atoms with Crippen LogP contribution in [0.5, 0.6) is 0 Å². The molecule has 2 rings (SSSR count). The van der Waals surface area contributed by atoms with Crippen LogP contribution < -0.4 is 11.2 Å². The lowest BCUT2D eigenvalue weighted by atomic mass is 10.1. The molecular weight excluding hydrogens is 316 g/mol. The predicted molar refractivity (Wildman–Crippen MR) is 70.5 cm³/mol. The van der Waals surface area contributed by atoms with Crippen molar-refractivity contribution in [2.24, 2.45) is 0 Å². The largest absolute Gasteiger partial charge is 0.481 e. The number of carboxylic acids is 1. The Balaban J connectivity index is 2.06. The quantitative estimate of drug-likeness (QED) is 0.328. The van der Waals surface area contributed by atoms with E-state index in [1.807, 2.05) is 4.98 Å². The zero-order valence-electron chi connectivity index (χ0n) is 11.6. The Bertz CT molecular complexity index is 709. The second-order valence-corrected chi connectivity index (χ2v) is 4.82. The molecule has 4 N–H and O–H groups in total. The molecule has 0 unspecified atom stereocenters. The number of nitrogens with zero attached hydrogens (tertiary/aromatic N) is 1. The van der Waals surface area contributed by atoms with Crippen molar-refractivity contribution in [3.05, 3.63) is 33.1 Å². The molecule has 0 bridgehead atoms. The Labute approximate surface area is 127 Å². The summed E-state index contributed by atoms with van der Waals surface area (Å²) in [4.78, 5) is 46.1. The highest BCUT2D eigenvalue weighted by Gasteiger charge is 2.44. The average Bonchev–Trinajstić information content (AvgIpc) is 2.73. The number of H-pyrrole nitrogens is 1. The highest BCUT2D eigenvalue weighted by molar-refractivity contribution is 5.90. The number of aliphatic carboxylic acids is 1. The lowest BCUT2D eigenvalue weighted by Gasteiger charge is -2.16. The van der Waals surface area contributed by atoms with Crippen LogP contribution in [0.25, 0.3) is 0 Å². The third-order valence-corrected chi connectivity index (χ3v) is 3.17. The fourth-order valence-corrected chi connectivity index (χ4v) is 2.07. The second-order valence-electron chi connectivity index (χ2n) is 4.82. The molecule has 126 valence electrons. The molecule has 0 spiro atoms. The van der Waals surface area contributed by atoms with Gasteiger partial charge in [0.15, 0.2) is 6.23 Å². The molecule has 4 atom stereocenters. The first kappa shape index (κ1) is 16.9. The minimum atomic E-state index is -1.51. The summed E-state index contributed by atoms with van der Waals surface area (Å²) in [6.07, 6.45) is -5.21. The van der Waals surface area contributed by atoms with Gasteiger partial charge in [-0.05, 0) is 0 Å². The van der Waals surface area contributed by atoms with Gasteiger partial charge in [0.2, 0.25) is 0 Å². The molecule has 1 saturated heterocycles. The summed E-state index contributed by atoms with van der Waals surface area (Å²) in [6, 6.07) is 1.03. The van der Waals surface area contributed by atoms with Crippen molar-refractivity contribution in [3.8, 4) is 0 Å². The van der Waals surface area contributed by atoms with Crippen molar-refractivity contribution in [2.75, 3.05) is 6.61 Å². The normalized spacial score (nSPS) is 26.9. The van der Waals surface area contributed by atoms with E-state index in [1.165, 1.54) is 0 Å². The van der Waals surface area contributed by atoms with Crippen molar-refractivity contribution in [1.29, 1.82) is 0 Å². The van der Waals surface area contributed by atoms with Gasteiger partial charge in [0.05, 0.1) is 0 Å². The Morgan fingerprint density at radius 3 is 2.61 bits per heavy atom. The fourth-order valence-electron chi connectivity index (χ4n) is 2.07. The van der Waals surface area contributed by atoms with Gasteiger partial charge in [0, 0.05) is 12.3 Å². The number of hydrogen-bond donors (Lipinski definition) is 4. The minimum Gasteiger partial charge on any atom is -0.481 e. The molecule has 0 amide bonds. The van der Waals surface area contributed by atoms with Gasteiger partial charge in [-0.2, -0.15) is 0 Å². The van der Waals surface area contributed by atoms with Gasteiger partial charge in [-0.1, -0.05) is 0 Å². The van der Waals surface area contributed by atoms with Gasteiger partial charge < -0.3 is 24.8 Å². The van der Waals surface area contributed by atoms with Crippen LogP contribution in [-0.2, 0) is 19.1 Å². The Hall–Kier alpha value is -2.50. The number of aliphatic hydroxyl groups is 2. The third-order valence-electron chi connectivity index (χ3n) is 3.17. The molecule has 1 fully saturated rings. The number of carboxylic acid groups (broad SMARTS) is 1. The van der Waals surface area contributed by atoms with E-state index in [0.717, 1.165) is 16.8 Å². The molecular formula is C12H14N2O9. The van der Waals surface area contributed by atoms with E-state index in [9.17, 15) is 29.4 Å². The maximum Gasteiger partial charge on any atom is 0.330 e. The van der Waals surface area contributed by atoms with Crippen molar-refractivity contribution >= 4 is 11.9 Å². The molecule has 0 aliphatic carbocycles. The van der Waals surface area contributed by atoms with Gasteiger partial charge in [-0.15, -0.1) is 0 Å². The number of rotatable bonds is 5. The third kappa shape index (κ3) is 3.83. The maximum atomic E-state index is 11.7. The van der Waals surface area contributed by atoms with E-state index in [4.69, 9.17) is 9.84 Å². The van der Waals surface area contributed by atoms with Crippen LogP contribution in [0.2, 0.25) is 0 Å². The zero-order valence-corrected chi connectivity index (χ0v) is 11.6. The van der Waals surface area contributed by atoms with E-state index in [1.54, 1.807) is 0 Å². The molecule has 11 heteroatoms. The number of carbonyl (C=O) groups excluding carboxylic acids is 1. The molecule has 0 saturated carbocycles. The summed E-state index contributed by atoms with van der Waals surface area (Å²) in [5, 5.41) is 28.2. The van der Waals surface area contributed by atoms with Crippen LogP contribution >= 0.6 is 0 Å². The number of hydrogen-bond acceptors (Lipinski definition) is 8. The standard InChI is InChI=1S/C12H14N2O9/c15-6-1-2-14(12(21)13-6)11-10(20)9(19)5(23-11)4-22-8(18)3-7(16)17/h1-2,5,9-11,19-20H,3-4H2,(H,16,17)(H,13,15,21)/t5-,9-,10-,11-/m1/s1. The SMILES string of the molecule is O=C(O)CC(=O)OC[C@H]1O[C@@H](n2ccc(=O)[nH]c2=O)[C@H](O)[C@@H]1O. The smallest absolute Gasteiger partial charge is 0.330 e. The van der Waals surface area contributed by atoms with Gasteiger partial charge >= 0.3 is 17.6 Å². The number of carbonyl (C=O) groups is 2. The molecule has 11 nitrogen and oxygen atoms in total. The van der Waals surface area contributed by atoms with Gasteiger partial charge in [0.25, 0.3) is 5.56 Å². The van der Waals surface area contributed by atoms with Crippen molar-refractivity contribution in [1.82, 2.24) is 9.55 Å². The average molecular weight is 330 g/mol. The molecule has 23 heavy (non-hydrogen) atoms. The number of esters is 1. The first-order valence-corrected chi connectivity index (χ1v) is 6.50.